The second-order valence-corrected chi connectivity index (χ2v) is 5.49. The lowest BCUT2D eigenvalue weighted by molar-refractivity contribution is 0.417. The third-order valence-electron chi connectivity index (χ3n) is 3.93. The van der Waals surface area contributed by atoms with Crippen molar-refractivity contribution in [2.45, 2.75) is 51.6 Å². The van der Waals surface area contributed by atoms with Gasteiger partial charge in [0.25, 0.3) is 0 Å². The van der Waals surface area contributed by atoms with Crippen LogP contribution in [0.1, 0.15) is 44.6 Å². The molecular formula is C15H23ClN2. The van der Waals surface area contributed by atoms with E-state index in [-0.39, 0.29) is 0 Å². The summed E-state index contributed by atoms with van der Waals surface area (Å²) >= 11 is 6.06. The smallest absolute Gasteiger partial charge is 0.0415 e. The van der Waals surface area contributed by atoms with Crippen LogP contribution in [0.3, 0.4) is 0 Å². The zero-order valence-corrected chi connectivity index (χ0v) is 11.9. The van der Waals surface area contributed by atoms with Crippen molar-refractivity contribution in [2.24, 2.45) is 5.73 Å². The van der Waals surface area contributed by atoms with Crippen molar-refractivity contribution in [3.05, 3.63) is 28.8 Å². The summed E-state index contributed by atoms with van der Waals surface area (Å²) < 4.78 is 0. The molecule has 2 nitrogen and oxygen atoms in total. The first-order valence-electron chi connectivity index (χ1n) is 7.01. The van der Waals surface area contributed by atoms with Crippen molar-refractivity contribution in [1.82, 2.24) is 0 Å². The summed E-state index contributed by atoms with van der Waals surface area (Å²) in [6.07, 6.45) is 6.71. The predicted molar refractivity (Wildman–Crippen MR) is 79.2 cm³/mol. The van der Waals surface area contributed by atoms with Gasteiger partial charge in [-0.2, -0.15) is 0 Å². The Hall–Kier alpha value is -0.730. The number of halogens is 1. The first-order valence-corrected chi connectivity index (χ1v) is 7.39. The van der Waals surface area contributed by atoms with E-state index in [1.54, 1.807) is 0 Å². The van der Waals surface area contributed by atoms with Gasteiger partial charge in [-0.3, -0.25) is 0 Å². The van der Waals surface area contributed by atoms with Crippen LogP contribution in [0, 0.1) is 0 Å². The van der Waals surface area contributed by atoms with Gasteiger partial charge in [0.1, 0.15) is 0 Å². The molecule has 0 atom stereocenters. The second-order valence-electron chi connectivity index (χ2n) is 5.06. The molecule has 1 fully saturated rings. The molecule has 0 radical (unpaired) electrons. The second kappa shape index (κ2) is 6.44. The molecule has 100 valence electrons. The predicted octanol–water partition coefficient (Wildman–Crippen LogP) is 3.96. The van der Waals surface area contributed by atoms with Crippen LogP contribution in [-0.4, -0.2) is 12.6 Å². The molecule has 0 amide bonds. The van der Waals surface area contributed by atoms with E-state index in [0.29, 0.717) is 12.6 Å². The van der Waals surface area contributed by atoms with E-state index in [1.165, 1.54) is 37.8 Å². The average molecular weight is 267 g/mol. The number of anilines is 1. The summed E-state index contributed by atoms with van der Waals surface area (Å²) in [5.41, 5.74) is 8.29. The zero-order chi connectivity index (χ0) is 13.0. The van der Waals surface area contributed by atoms with Gasteiger partial charge in [-0.1, -0.05) is 30.9 Å². The number of benzene rings is 1. The van der Waals surface area contributed by atoms with Crippen LogP contribution < -0.4 is 10.6 Å². The molecule has 0 heterocycles. The summed E-state index contributed by atoms with van der Waals surface area (Å²) in [6, 6.07) is 6.78. The molecule has 0 aliphatic heterocycles. The Bertz CT molecular complexity index is 386. The lowest BCUT2D eigenvalue weighted by Gasteiger charge is -2.36. The molecule has 0 unspecified atom stereocenters. The van der Waals surface area contributed by atoms with Gasteiger partial charge in [0.05, 0.1) is 0 Å². The first-order chi connectivity index (χ1) is 8.76. The highest BCUT2D eigenvalue weighted by Gasteiger charge is 2.21. The van der Waals surface area contributed by atoms with Crippen LogP contribution in [0.5, 0.6) is 0 Å². The Labute approximate surface area is 115 Å². The van der Waals surface area contributed by atoms with E-state index in [2.05, 4.69) is 17.9 Å². The zero-order valence-electron chi connectivity index (χ0n) is 11.2. The minimum Gasteiger partial charge on any atom is -0.369 e. The third-order valence-corrected chi connectivity index (χ3v) is 4.16. The van der Waals surface area contributed by atoms with Gasteiger partial charge < -0.3 is 10.6 Å². The van der Waals surface area contributed by atoms with Crippen LogP contribution in [0.25, 0.3) is 0 Å². The standard InChI is InChI=1S/C15H23ClN2/c1-2-18(14-6-4-3-5-7-14)15-9-8-13(16)10-12(15)11-17/h8-10,14H,2-7,11,17H2,1H3. The van der Waals surface area contributed by atoms with Crippen LogP contribution in [0.15, 0.2) is 18.2 Å². The Balaban J connectivity index is 2.25. The molecular weight excluding hydrogens is 244 g/mol. The Morgan fingerprint density at radius 2 is 2.00 bits per heavy atom. The molecule has 18 heavy (non-hydrogen) atoms. The molecule has 1 saturated carbocycles. The number of hydrogen-bond donors (Lipinski definition) is 1. The van der Waals surface area contributed by atoms with Crippen molar-refractivity contribution in [3.63, 3.8) is 0 Å². The summed E-state index contributed by atoms with van der Waals surface area (Å²) in [5, 5.41) is 0.777. The molecule has 3 heteroatoms. The number of nitrogens with zero attached hydrogens (tertiary/aromatic N) is 1. The normalized spacial score (nSPS) is 16.8. The summed E-state index contributed by atoms with van der Waals surface area (Å²) in [5.74, 6) is 0. The van der Waals surface area contributed by atoms with Crippen molar-refractivity contribution in [2.75, 3.05) is 11.4 Å². The van der Waals surface area contributed by atoms with Crippen LogP contribution >= 0.6 is 11.6 Å². The summed E-state index contributed by atoms with van der Waals surface area (Å²) in [4.78, 5) is 2.51. The van der Waals surface area contributed by atoms with Gasteiger partial charge in [-0.15, -0.1) is 0 Å². The van der Waals surface area contributed by atoms with Crippen LogP contribution in [0.2, 0.25) is 5.02 Å². The Kier molecular flexibility index (Phi) is 4.90. The number of rotatable bonds is 4. The molecule has 0 aromatic heterocycles. The number of hydrogen-bond acceptors (Lipinski definition) is 2. The van der Waals surface area contributed by atoms with Crippen molar-refractivity contribution in [3.8, 4) is 0 Å². The molecule has 1 aliphatic carbocycles. The fourth-order valence-corrected chi connectivity index (χ4v) is 3.21. The van der Waals surface area contributed by atoms with Crippen LogP contribution in [0.4, 0.5) is 5.69 Å². The number of nitrogens with two attached hydrogens (primary N) is 1. The fourth-order valence-electron chi connectivity index (χ4n) is 3.02. The van der Waals surface area contributed by atoms with Gasteiger partial charge in [-0.25, -0.2) is 0 Å². The summed E-state index contributed by atoms with van der Waals surface area (Å²) in [7, 11) is 0. The highest BCUT2D eigenvalue weighted by atomic mass is 35.5. The molecule has 1 aromatic rings. The fraction of sp³-hybridized carbons (Fsp3) is 0.600. The highest BCUT2D eigenvalue weighted by Crippen LogP contribution is 2.30. The van der Waals surface area contributed by atoms with Crippen molar-refractivity contribution in [1.29, 1.82) is 0 Å². The van der Waals surface area contributed by atoms with Crippen LogP contribution in [-0.2, 0) is 6.54 Å². The van der Waals surface area contributed by atoms with E-state index in [1.807, 2.05) is 12.1 Å². The quantitative estimate of drug-likeness (QED) is 0.894. The lowest BCUT2D eigenvalue weighted by Crippen LogP contribution is -2.37. The lowest BCUT2D eigenvalue weighted by atomic mass is 9.93. The molecule has 2 N–H and O–H groups in total. The van der Waals surface area contributed by atoms with Gasteiger partial charge in [-0.05, 0) is 43.5 Å². The first kappa shape index (κ1) is 13.7. The molecule has 1 aromatic carbocycles. The topological polar surface area (TPSA) is 29.3 Å². The molecule has 0 spiro atoms. The molecule has 2 rings (SSSR count). The van der Waals surface area contributed by atoms with Gasteiger partial charge >= 0.3 is 0 Å². The molecule has 0 bridgehead atoms. The van der Waals surface area contributed by atoms with Gasteiger partial charge in [0.2, 0.25) is 0 Å². The summed E-state index contributed by atoms with van der Waals surface area (Å²) in [6.45, 7) is 3.82. The SMILES string of the molecule is CCN(c1ccc(Cl)cc1CN)C1CCCCC1. The van der Waals surface area contributed by atoms with E-state index in [0.717, 1.165) is 17.1 Å². The monoisotopic (exact) mass is 266 g/mol. The maximum absolute atomic E-state index is 6.06. The Morgan fingerprint density at radius 3 is 2.61 bits per heavy atom. The molecule has 1 aliphatic rings. The maximum Gasteiger partial charge on any atom is 0.0415 e. The molecule has 0 saturated heterocycles. The Morgan fingerprint density at radius 1 is 1.28 bits per heavy atom. The van der Waals surface area contributed by atoms with E-state index in [4.69, 9.17) is 17.3 Å². The van der Waals surface area contributed by atoms with Gasteiger partial charge in [0.15, 0.2) is 0 Å². The van der Waals surface area contributed by atoms with Gasteiger partial charge in [0, 0.05) is 29.8 Å². The average Bonchev–Trinajstić information content (AvgIpc) is 2.42. The third kappa shape index (κ3) is 2.99. The van der Waals surface area contributed by atoms with E-state index >= 15 is 0 Å². The highest BCUT2D eigenvalue weighted by molar-refractivity contribution is 6.30. The largest absolute Gasteiger partial charge is 0.369 e. The minimum atomic E-state index is 0.555. The van der Waals surface area contributed by atoms with E-state index < -0.39 is 0 Å². The minimum absolute atomic E-state index is 0.555. The maximum atomic E-state index is 6.06. The van der Waals surface area contributed by atoms with Crippen molar-refractivity contribution >= 4 is 17.3 Å². The van der Waals surface area contributed by atoms with E-state index in [9.17, 15) is 0 Å². The van der Waals surface area contributed by atoms with Crippen molar-refractivity contribution < 1.29 is 0 Å².